The van der Waals surface area contributed by atoms with Gasteiger partial charge in [0.25, 0.3) is 0 Å². The van der Waals surface area contributed by atoms with Gasteiger partial charge in [-0.1, -0.05) is 0 Å². The summed E-state index contributed by atoms with van der Waals surface area (Å²) in [5.41, 5.74) is 0.635. The first-order valence-electron chi connectivity index (χ1n) is 6.09. The first-order valence-corrected chi connectivity index (χ1v) is 8.39. The lowest BCUT2D eigenvalue weighted by Crippen LogP contribution is -2.22. The van der Waals surface area contributed by atoms with E-state index in [0.29, 0.717) is 9.90 Å². The average Bonchev–Trinajstić information content (AvgIpc) is 2.94. The topological polar surface area (TPSA) is 84.0 Å². The summed E-state index contributed by atoms with van der Waals surface area (Å²) in [4.78, 5) is 8.81. The fourth-order valence-corrected chi connectivity index (χ4v) is 3.95. The number of hydrogen-bond acceptors (Lipinski definition) is 6. The predicted molar refractivity (Wildman–Crippen MR) is 78.0 cm³/mol. The zero-order valence-electron chi connectivity index (χ0n) is 11.0. The molecule has 0 aliphatic rings. The number of sulfonamides is 1. The van der Waals surface area contributed by atoms with Gasteiger partial charge in [-0.3, -0.25) is 0 Å². The van der Waals surface area contributed by atoms with E-state index in [1.54, 1.807) is 18.3 Å². The summed E-state index contributed by atoms with van der Waals surface area (Å²) >= 11 is 1.29. The zero-order valence-corrected chi connectivity index (χ0v) is 12.7. The molecular formula is C12H16N4O2S2. The highest BCUT2D eigenvalue weighted by molar-refractivity contribution is 7.91. The first kappa shape index (κ1) is 15.0. The Hall–Kier alpha value is -1.35. The highest BCUT2D eigenvalue weighted by Gasteiger charge is 2.16. The van der Waals surface area contributed by atoms with Crippen LogP contribution in [0.1, 0.15) is 10.6 Å². The van der Waals surface area contributed by atoms with Crippen molar-refractivity contribution in [3.8, 4) is 0 Å². The molecule has 0 fully saturated rings. The summed E-state index contributed by atoms with van der Waals surface area (Å²) in [6.45, 7) is 0.989. The molecule has 2 aromatic heterocycles. The van der Waals surface area contributed by atoms with Gasteiger partial charge in [0.2, 0.25) is 10.0 Å². The third kappa shape index (κ3) is 4.07. The molecule has 0 unspecified atom stereocenters. The lowest BCUT2D eigenvalue weighted by Gasteiger charge is -2.03. The minimum Gasteiger partial charge on any atom is -0.319 e. The van der Waals surface area contributed by atoms with Crippen LogP contribution in [0.5, 0.6) is 0 Å². The Morgan fingerprint density at radius 1 is 1.30 bits per heavy atom. The Balaban J connectivity index is 2.01. The van der Waals surface area contributed by atoms with Crippen LogP contribution in [0.4, 0.5) is 0 Å². The zero-order chi connectivity index (χ0) is 14.4. The fraction of sp³-hybridized carbons (Fsp3) is 0.333. The number of rotatable bonds is 7. The van der Waals surface area contributed by atoms with Crippen LogP contribution in [-0.2, 0) is 23.0 Å². The van der Waals surface area contributed by atoms with Gasteiger partial charge in [-0.05, 0) is 38.2 Å². The molecule has 2 heterocycles. The van der Waals surface area contributed by atoms with Gasteiger partial charge in [0.1, 0.15) is 10.5 Å². The summed E-state index contributed by atoms with van der Waals surface area (Å²) in [6, 6.07) is 5.16. The van der Waals surface area contributed by atoms with Crippen molar-refractivity contribution in [2.75, 3.05) is 13.6 Å². The van der Waals surface area contributed by atoms with Crippen molar-refractivity contribution >= 4 is 21.4 Å². The van der Waals surface area contributed by atoms with E-state index in [-0.39, 0.29) is 6.54 Å². The van der Waals surface area contributed by atoms with E-state index in [9.17, 15) is 8.42 Å². The Bertz CT molecular complexity index is 640. The maximum absolute atomic E-state index is 12.1. The number of thiophene rings is 1. The number of aromatic nitrogens is 2. The maximum atomic E-state index is 12.1. The van der Waals surface area contributed by atoms with E-state index in [1.165, 1.54) is 17.7 Å². The van der Waals surface area contributed by atoms with Gasteiger partial charge in [0, 0.05) is 11.1 Å². The van der Waals surface area contributed by atoms with Gasteiger partial charge >= 0.3 is 0 Å². The van der Waals surface area contributed by atoms with Crippen LogP contribution >= 0.6 is 11.3 Å². The van der Waals surface area contributed by atoms with Crippen molar-refractivity contribution in [3.05, 3.63) is 41.3 Å². The lowest BCUT2D eigenvalue weighted by atomic mass is 10.3. The Morgan fingerprint density at radius 3 is 2.85 bits per heavy atom. The molecule has 20 heavy (non-hydrogen) atoms. The van der Waals surface area contributed by atoms with Crippen molar-refractivity contribution < 1.29 is 8.42 Å². The van der Waals surface area contributed by atoms with Gasteiger partial charge < -0.3 is 5.32 Å². The molecule has 0 spiro atoms. The maximum Gasteiger partial charge on any atom is 0.250 e. The molecule has 2 N–H and O–H groups in total. The molecule has 0 saturated carbocycles. The first-order chi connectivity index (χ1) is 9.62. The predicted octanol–water partition coefficient (Wildman–Crippen LogP) is 0.778. The second kappa shape index (κ2) is 6.89. The standard InChI is InChI=1S/C12H16N4O2S2/c1-13-6-5-11-2-3-12(19-11)20(17,18)16-8-10-4-7-14-9-15-10/h2-4,7,9,13,16H,5-6,8H2,1H3. The Morgan fingerprint density at radius 2 is 2.15 bits per heavy atom. The van der Waals surface area contributed by atoms with E-state index in [4.69, 9.17) is 0 Å². The summed E-state index contributed by atoms with van der Waals surface area (Å²) in [7, 11) is -1.61. The molecule has 0 atom stereocenters. The molecule has 0 aliphatic heterocycles. The van der Waals surface area contributed by atoms with Crippen molar-refractivity contribution in [1.29, 1.82) is 0 Å². The van der Waals surface area contributed by atoms with Crippen molar-refractivity contribution in [2.24, 2.45) is 0 Å². The SMILES string of the molecule is CNCCc1ccc(S(=O)(=O)NCc2ccncn2)s1. The minimum atomic E-state index is -3.47. The number of hydrogen-bond donors (Lipinski definition) is 2. The quantitative estimate of drug-likeness (QED) is 0.789. The minimum absolute atomic E-state index is 0.161. The van der Waals surface area contributed by atoms with Crippen LogP contribution in [-0.4, -0.2) is 32.0 Å². The lowest BCUT2D eigenvalue weighted by molar-refractivity contribution is 0.582. The van der Waals surface area contributed by atoms with Gasteiger partial charge in [0.15, 0.2) is 0 Å². The molecule has 108 valence electrons. The van der Waals surface area contributed by atoms with E-state index in [2.05, 4.69) is 20.0 Å². The summed E-state index contributed by atoms with van der Waals surface area (Å²) in [5.74, 6) is 0. The molecule has 8 heteroatoms. The van der Waals surface area contributed by atoms with Crippen LogP contribution in [0.3, 0.4) is 0 Å². The normalized spacial score (nSPS) is 11.7. The molecule has 2 aromatic rings. The number of likely N-dealkylation sites (N-methyl/N-ethyl adjacent to an activating group) is 1. The van der Waals surface area contributed by atoms with Gasteiger partial charge in [-0.2, -0.15) is 0 Å². The molecule has 0 saturated heterocycles. The third-order valence-corrected chi connectivity index (χ3v) is 5.65. The highest BCUT2D eigenvalue weighted by Crippen LogP contribution is 2.21. The molecule has 0 bridgehead atoms. The largest absolute Gasteiger partial charge is 0.319 e. The molecule has 0 aromatic carbocycles. The van der Waals surface area contributed by atoms with Crippen LogP contribution in [0, 0.1) is 0 Å². The highest BCUT2D eigenvalue weighted by atomic mass is 32.2. The summed E-state index contributed by atoms with van der Waals surface area (Å²) in [6.07, 6.45) is 3.80. The molecule has 0 amide bonds. The van der Waals surface area contributed by atoms with Gasteiger partial charge in [0.05, 0.1) is 12.2 Å². The molecule has 0 radical (unpaired) electrons. The molecular weight excluding hydrogens is 296 g/mol. The molecule has 6 nitrogen and oxygen atoms in total. The van der Waals surface area contributed by atoms with Gasteiger partial charge in [-0.15, -0.1) is 11.3 Å². The monoisotopic (exact) mass is 312 g/mol. The fourth-order valence-electron chi connectivity index (χ4n) is 1.55. The summed E-state index contributed by atoms with van der Waals surface area (Å²) < 4.78 is 27.1. The number of nitrogens with one attached hydrogen (secondary N) is 2. The average molecular weight is 312 g/mol. The third-order valence-electron chi connectivity index (χ3n) is 2.61. The van der Waals surface area contributed by atoms with Crippen LogP contribution < -0.4 is 10.0 Å². The van der Waals surface area contributed by atoms with Gasteiger partial charge in [-0.25, -0.2) is 23.1 Å². The Kier molecular flexibility index (Phi) is 5.18. The molecule has 0 aliphatic carbocycles. The second-order valence-electron chi connectivity index (χ2n) is 4.10. The Labute approximate surface area is 122 Å². The van der Waals surface area contributed by atoms with Crippen LogP contribution in [0.15, 0.2) is 34.9 Å². The summed E-state index contributed by atoms with van der Waals surface area (Å²) in [5, 5.41) is 3.04. The van der Waals surface area contributed by atoms with E-state index >= 15 is 0 Å². The van der Waals surface area contributed by atoms with Crippen molar-refractivity contribution in [2.45, 2.75) is 17.2 Å². The van der Waals surface area contributed by atoms with Crippen LogP contribution in [0.25, 0.3) is 0 Å². The molecule has 2 rings (SSSR count). The number of nitrogens with zero attached hydrogens (tertiary/aromatic N) is 2. The smallest absolute Gasteiger partial charge is 0.250 e. The second-order valence-corrected chi connectivity index (χ2v) is 7.26. The van der Waals surface area contributed by atoms with E-state index < -0.39 is 10.0 Å². The van der Waals surface area contributed by atoms with Crippen LogP contribution in [0.2, 0.25) is 0 Å². The van der Waals surface area contributed by atoms with Crippen molar-refractivity contribution in [1.82, 2.24) is 20.0 Å². The van der Waals surface area contributed by atoms with Crippen molar-refractivity contribution in [3.63, 3.8) is 0 Å². The van der Waals surface area contributed by atoms with E-state index in [1.807, 2.05) is 13.1 Å². The van der Waals surface area contributed by atoms with E-state index in [0.717, 1.165) is 17.8 Å².